The zero-order valence-electron chi connectivity index (χ0n) is 12.6. The van der Waals surface area contributed by atoms with Crippen LogP contribution in [0.25, 0.3) is 0 Å². The quantitative estimate of drug-likeness (QED) is 0.904. The van der Waals surface area contributed by atoms with E-state index in [1.807, 2.05) is 0 Å². The Balaban J connectivity index is 1.70. The summed E-state index contributed by atoms with van der Waals surface area (Å²) in [6.45, 7) is 5.04. The number of benzene rings is 1. The van der Waals surface area contributed by atoms with Gasteiger partial charge in [0.05, 0.1) is 0 Å². The molecule has 3 rings (SSSR count). The predicted octanol–water partition coefficient (Wildman–Crippen LogP) is 3.60. The number of nitrogens with zero attached hydrogens (tertiary/aromatic N) is 1. The Kier molecular flexibility index (Phi) is 5.10. The molecule has 1 N–H and O–H groups in total. The Hall–Kier alpha value is -0.860. The summed E-state index contributed by atoms with van der Waals surface area (Å²) in [7, 11) is 0. The smallest absolute Gasteiger partial charge is 0.0348 e. The second-order valence-electron chi connectivity index (χ2n) is 6.46. The van der Waals surface area contributed by atoms with Crippen molar-refractivity contribution in [3.8, 4) is 0 Å². The third kappa shape index (κ3) is 3.62. The maximum absolute atomic E-state index is 3.49. The van der Waals surface area contributed by atoms with Crippen LogP contribution >= 0.6 is 0 Å². The van der Waals surface area contributed by atoms with Crippen LogP contribution in [-0.2, 0) is 0 Å². The summed E-state index contributed by atoms with van der Waals surface area (Å²) >= 11 is 0. The fourth-order valence-corrected chi connectivity index (χ4v) is 3.83. The molecule has 1 atom stereocenters. The van der Waals surface area contributed by atoms with Crippen LogP contribution in [-0.4, -0.2) is 31.1 Å². The summed E-state index contributed by atoms with van der Waals surface area (Å²) in [6, 6.07) is 11.8. The molecule has 0 aliphatic carbocycles. The maximum Gasteiger partial charge on any atom is 0.0348 e. The van der Waals surface area contributed by atoms with Gasteiger partial charge in [0.1, 0.15) is 0 Å². The molecule has 20 heavy (non-hydrogen) atoms. The minimum absolute atomic E-state index is 0.661. The first-order valence-corrected chi connectivity index (χ1v) is 8.43. The third-order valence-corrected chi connectivity index (χ3v) is 5.00. The molecule has 2 heteroatoms. The minimum atomic E-state index is 0.661. The van der Waals surface area contributed by atoms with E-state index in [1.165, 1.54) is 70.3 Å². The molecule has 0 bridgehead atoms. The van der Waals surface area contributed by atoms with E-state index in [9.17, 15) is 0 Å². The van der Waals surface area contributed by atoms with Crippen molar-refractivity contribution in [3.05, 3.63) is 35.9 Å². The lowest BCUT2D eigenvalue weighted by molar-refractivity contribution is 0.154. The van der Waals surface area contributed by atoms with Gasteiger partial charge >= 0.3 is 0 Å². The van der Waals surface area contributed by atoms with Crippen molar-refractivity contribution in [1.82, 2.24) is 10.2 Å². The summed E-state index contributed by atoms with van der Waals surface area (Å²) in [5.74, 6) is 0.903. The molecule has 0 spiro atoms. The Morgan fingerprint density at radius 1 is 0.950 bits per heavy atom. The highest BCUT2D eigenvalue weighted by atomic mass is 15.2. The average molecular weight is 272 g/mol. The van der Waals surface area contributed by atoms with Gasteiger partial charge in [0.25, 0.3) is 0 Å². The van der Waals surface area contributed by atoms with Gasteiger partial charge in [-0.05, 0) is 56.8 Å². The van der Waals surface area contributed by atoms with E-state index >= 15 is 0 Å². The fraction of sp³-hybridized carbons (Fsp3) is 0.667. The van der Waals surface area contributed by atoms with Crippen molar-refractivity contribution in [2.75, 3.05) is 26.2 Å². The van der Waals surface area contributed by atoms with Gasteiger partial charge in [-0.2, -0.15) is 0 Å². The molecule has 2 heterocycles. The second kappa shape index (κ2) is 7.24. The van der Waals surface area contributed by atoms with Gasteiger partial charge in [-0.15, -0.1) is 0 Å². The first-order chi connectivity index (χ1) is 9.93. The molecule has 0 saturated carbocycles. The molecule has 0 amide bonds. The lowest BCUT2D eigenvalue weighted by Gasteiger charge is -2.35. The Labute approximate surface area is 123 Å². The van der Waals surface area contributed by atoms with Crippen molar-refractivity contribution in [2.24, 2.45) is 5.92 Å². The van der Waals surface area contributed by atoms with E-state index in [2.05, 4.69) is 40.5 Å². The first kappa shape index (κ1) is 14.1. The van der Waals surface area contributed by atoms with Gasteiger partial charge in [0, 0.05) is 12.6 Å². The molecular weight excluding hydrogens is 244 g/mol. The Bertz CT molecular complexity index is 384. The fourth-order valence-electron chi connectivity index (χ4n) is 3.83. The van der Waals surface area contributed by atoms with Crippen LogP contribution in [0.5, 0.6) is 0 Å². The highest BCUT2D eigenvalue weighted by Gasteiger charge is 2.25. The van der Waals surface area contributed by atoms with Crippen LogP contribution in [0, 0.1) is 5.92 Å². The molecule has 110 valence electrons. The summed E-state index contributed by atoms with van der Waals surface area (Å²) in [4.78, 5) is 2.79. The van der Waals surface area contributed by atoms with Crippen LogP contribution in [0.4, 0.5) is 0 Å². The summed E-state index contributed by atoms with van der Waals surface area (Å²) in [5.41, 5.74) is 1.53. The molecule has 2 nitrogen and oxygen atoms in total. The maximum atomic E-state index is 3.49. The molecule has 2 aliphatic heterocycles. The molecular formula is C18H28N2. The van der Waals surface area contributed by atoms with Gasteiger partial charge in [-0.1, -0.05) is 43.2 Å². The van der Waals surface area contributed by atoms with E-state index in [0.717, 1.165) is 5.92 Å². The Morgan fingerprint density at radius 2 is 1.75 bits per heavy atom. The van der Waals surface area contributed by atoms with Crippen molar-refractivity contribution >= 4 is 0 Å². The predicted molar refractivity (Wildman–Crippen MR) is 84.8 cm³/mol. The van der Waals surface area contributed by atoms with Crippen molar-refractivity contribution in [3.63, 3.8) is 0 Å². The molecule has 2 saturated heterocycles. The Morgan fingerprint density at radius 3 is 2.55 bits per heavy atom. The number of rotatable bonds is 3. The van der Waals surface area contributed by atoms with Gasteiger partial charge in [-0.3, -0.25) is 4.90 Å². The van der Waals surface area contributed by atoms with E-state index in [0.29, 0.717) is 6.04 Å². The molecule has 2 aliphatic rings. The molecule has 1 unspecified atom stereocenters. The number of hydrogen-bond acceptors (Lipinski definition) is 2. The van der Waals surface area contributed by atoms with Crippen LogP contribution in [0.2, 0.25) is 0 Å². The zero-order chi connectivity index (χ0) is 13.6. The van der Waals surface area contributed by atoms with E-state index in [1.54, 1.807) is 0 Å². The van der Waals surface area contributed by atoms with E-state index in [4.69, 9.17) is 0 Å². The number of nitrogens with one attached hydrogen (secondary N) is 1. The van der Waals surface area contributed by atoms with E-state index in [-0.39, 0.29) is 0 Å². The monoisotopic (exact) mass is 272 g/mol. The number of piperidine rings is 1. The second-order valence-corrected chi connectivity index (χ2v) is 6.46. The van der Waals surface area contributed by atoms with Crippen molar-refractivity contribution < 1.29 is 0 Å². The number of hydrogen-bond donors (Lipinski definition) is 1. The largest absolute Gasteiger partial charge is 0.317 e. The lowest BCUT2D eigenvalue weighted by Crippen LogP contribution is -2.38. The summed E-state index contributed by atoms with van der Waals surface area (Å²) < 4.78 is 0. The van der Waals surface area contributed by atoms with Crippen molar-refractivity contribution in [2.45, 2.75) is 44.6 Å². The van der Waals surface area contributed by atoms with Gasteiger partial charge in [-0.25, -0.2) is 0 Å². The summed E-state index contributed by atoms with van der Waals surface area (Å²) in [5, 5.41) is 3.49. The highest BCUT2D eigenvalue weighted by molar-refractivity contribution is 5.19. The number of likely N-dealkylation sites (tertiary alicyclic amines) is 1. The molecule has 1 aromatic rings. The van der Waals surface area contributed by atoms with Gasteiger partial charge in [0.2, 0.25) is 0 Å². The molecule has 2 fully saturated rings. The molecule has 1 aromatic carbocycles. The first-order valence-electron chi connectivity index (χ1n) is 8.43. The van der Waals surface area contributed by atoms with Gasteiger partial charge in [0.15, 0.2) is 0 Å². The SMILES string of the molecule is c1ccc(C2CCCCCN2CC2CCNCC2)cc1. The summed E-state index contributed by atoms with van der Waals surface area (Å²) in [6.07, 6.45) is 8.24. The van der Waals surface area contributed by atoms with Gasteiger partial charge < -0.3 is 5.32 Å². The minimum Gasteiger partial charge on any atom is -0.317 e. The zero-order valence-corrected chi connectivity index (χ0v) is 12.6. The van der Waals surface area contributed by atoms with Crippen LogP contribution in [0.1, 0.15) is 50.1 Å². The van der Waals surface area contributed by atoms with Crippen LogP contribution < -0.4 is 5.32 Å². The molecule has 0 radical (unpaired) electrons. The third-order valence-electron chi connectivity index (χ3n) is 5.00. The lowest BCUT2D eigenvalue weighted by atomic mass is 9.95. The average Bonchev–Trinajstić information content (AvgIpc) is 2.75. The van der Waals surface area contributed by atoms with E-state index < -0.39 is 0 Å². The van der Waals surface area contributed by atoms with Crippen LogP contribution in [0.3, 0.4) is 0 Å². The molecule has 0 aromatic heterocycles. The normalized spacial score (nSPS) is 26.3. The topological polar surface area (TPSA) is 15.3 Å². The standard InChI is InChI=1S/C18H28N2/c1-3-7-17(8-4-1)18-9-5-2-6-14-20(18)15-16-10-12-19-13-11-16/h1,3-4,7-8,16,18-19H,2,5-6,9-15H2. The van der Waals surface area contributed by atoms with Crippen molar-refractivity contribution in [1.29, 1.82) is 0 Å². The van der Waals surface area contributed by atoms with Crippen LogP contribution in [0.15, 0.2) is 30.3 Å². The highest BCUT2D eigenvalue weighted by Crippen LogP contribution is 2.31.